The molecule has 122 valence electrons. The topological polar surface area (TPSA) is 104 Å². The van der Waals surface area contributed by atoms with Crippen LogP contribution in [0, 0.1) is 0 Å². The molecule has 0 bridgehead atoms. The van der Waals surface area contributed by atoms with Gasteiger partial charge >= 0.3 is 0 Å². The van der Waals surface area contributed by atoms with E-state index in [4.69, 9.17) is 0 Å². The van der Waals surface area contributed by atoms with Crippen LogP contribution in [0.4, 0.5) is 0 Å². The Bertz CT molecular complexity index is 638. The highest BCUT2D eigenvalue weighted by molar-refractivity contribution is 5.86. The fraction of sp³-hybridized carbons (Fsp3) is 0.500. The highest BCUT2D eigenvalue weighted by Crippen LogP contribution is 2.44. The predicted molar refractivity (Wildman–Crippen MR) is 83.5 cm³/mol. The van der Waals surface area contributed by atoms with Crippen molar-refractivity contribution in [2.75, 3.05) is 0 Å². The number of nitrogens with zero attached hydrogens (tertiary/aromatic N) is 3. The Kier molecular flexibility index (Phi) is 4.38. The number of carbonyl (C=O) groups is 1. The number of hydrogen-bond acceptors (Lipinski definition) is 5. The van der Waals surface area contributed by atoms with Gasteiger partial charge in [-0.2, -0.15) is 5.21 Å². The Morgan fingerprint density at radius 2 is 2.17 bits per heavy atom. The molecule has 1 aromatic carbocycles. The van der Waals surface area contributed by atoms with Crippen LogP contribution in [0.1, 0.15) is 43.5 Å². The molecule has 23 heavy (non-hydrogen) atoms. The summed E-state index contributed by atoms with van der Waals surface area (Å²) in [4.78, 5) is 12.4. The summed E-state index contributed by atoms with van der Waals surface area (Å²) in [7, 11) is 0. The molecule has 1 aromatic heterocycles. The van der Waals surface area contributed by atoms with Crippen molar-refractivity contribution in [2.24, 2.45) is 0 Å². The molecule has 1 amide bonds. The standard InChI is InChI=1S/C16H21N5O2/c1-2-13(8-14-18-20-21-19-14)17-15(22)16(23)9-12(10-16)11-6-4-3-5-7-11/h3-7,12-13,23H,2,8-10H2,1H3,(H,17,22)(H,18,19,20,21). The van der Waals surface area contributed by atoms with Gasteiger partial charge in [0.15, 0.2) is 5.82 Å². The zero-order valence-electron chi connectivity index (χ0n) is 13.1. The summed E-state index contributed by atoms with van der Waals surface area (Å²) in [5.74, 6) is 0.490. The third kappa shape index (κ3) is 3.39. The van der Waals surface area contributed by atoms with Crippen molar-refractivity contribution in [1.29, 1.82) is 0 Å². The monoisotopic (exact) mass is 315 g/mol. The average Bonchev–Trinajstić information content (AvgIpc) is 3.04. The second-order valence-corrected chi connectivity index (χ2v) is 6.16. The van der Waals surface area contributed by atoms with E-state index in [-0.39, 0.29) is 17.9 Å². The van der Waals surface area contributed by atoms with Crippen molar-refractivity contribution in [2.45, 2.75) is 50.2 Å². The van der Waals surface area contributed by atoms with Crippen LogP contribution in [-0.4, -0.2) is 43.3 Å². The van der Waals surface area contributed by atoms with Crippen LogP contribution in [0.15, 0.2) is 30.3 Å². The third-order valence-corrected chi connectivity index (χ3v) is 4.51. The number of nitrogens with one attached hydrogen (secondary N) is 2. The normalized spacial score (nSPS) is 24.7. The Labute approximate surface area is 134 Å². The van der Waals surface area contributed by atoms with Gasteiger partial charge in [-0.15, -0.1) is 10.2 Å². The predicted octanol–water partition coefficient (Wildman–Crippen LogP) is 0.946. The molecule has 3 N–H and O–H groups in total. The van der Waals surface area contributed by atoms with Crippen molar-refractivity contribution in [3.8, 4) is 0 Å². The molecule has 0 radical (unpaired) electrons. The number of carbonyl (C=O) groups excluding carboxylic acids is 1. The van der Waals surface area contributed by atoms with Gasteiger partial charge in [0.2, 0.25) is 0 Å². The summed E-state index contributed by atoms with van der Waals surface area (Å²) in [6.07, 6.45) is 2.15. The molecule has 7 nitrogen and oxygen atoms in total. The van der Waals surface area contributed by atoms with Crippen LogP contribution in [0.5, 0.6) is 0 Å². The van der Waals surface area contributed by atoms with Crippen LogP contribution in [0.3, 0.4) is 0 Å². The Morgan fingerprint density at radius 1 is 1.43 bits per heavy atom. The zero-order chi connectivity index (χ0) is 16.3. The molecule has 1 saturated carbocycles. The van der Waals surface area contributed by atoms with Gasteiger partial charge in [0.1, 0.15) is 5.60 Å². The lowest BCUT2D eigenvalue weighted by atomic mass is 9.67. The molecular formula is C16H21N5O2. The molecule has 1 heterocycles. The molecule has 1 unspecified atom stereocenters. The number of tetrazole rings is 1. The van der Waals surface area contributed by atoms with Crippen LogP contribution in [-0.2, 0) is 11.2 Å². The van der Waals surface area contributed by atoms with Crippen molar-refractivity contribution in [3.05, 3.63) is 41.7 Å². The van der Waals surface area contributed by atoms with E-state index in [1.807, 2.05) is 37.3 Å². The smallest absolute Gasteiger partial charge is 0.252 e. The van der Waals surface area contributed by atoms with Gasteiger partial charge in [0.25, 0.3) is 5.91 Å². The van der Waals surface area contributed by atoms with E-state index in [2.05, 4.69) is 25.9 Å². The number of aromatic nitrogens is 4. The van der Waals surface area contributed by atoms with E-state index in [9.17, 15) is 9.90 Å². The third-order valence-electron chi connectivity index (χ3n) is 4.51. The average molecular weight is 315 g/mol. The summed E-state index contributed by atoms with van der Waals surface area (Å²) in [5, 5.41) is 27.1. The largest absolute Gasteiger partial charge is 0.380 e. The first-order chi connectivity index (χ1) is 11.1. The summed E-state index contributed by atoms with van der Waals surface area (Å²) < 4.78 is 0. The quantitative estimate of drug-likeness (QED) is 0.736. The number of H-pyrrole nitrogens is 1. The molecule has 1 atom stereocenters. The lowest BCUT2D eigenvalue weighted by Gasteiger charge is -2.43. The second-order valence-electron chi connectivity index (χ2n) is 6.16. The van der Waals surface area contributed by atoms with Gasteiger partial charge in [-0.05, 0) is 30.7 Å². The van der Waals surface area contributed by atoms with Crippen LogP contribution in [0.25, 0.3) is 0 Å². The van der Waals surface area contributed by atoms with E-state index < -0.39 is 5.60 Å². The molecule has 1 aliphatic carbocycles. The van der Waals surface area contributed by atoms with E-state index >= 15 is 0 Å². The van der Waals surface area contributed by atoms with Gasteiger partial charge in [0, 0.05) is 12.5 Å². The van der Waals surface area contributed by atoms with Gasteiger partial charge < -0.3 is 10.4 Å². The first-order valence-electron chi connectivity index (χ1n) is 7.91. The van der Waals surface area contributed by atoms with E-state index in [1.165, 1.54) is 5.56 Å². The lowest BCUT2D eigenvalue weighted by molar-refractivity contribution is -0.151. The maximum Gasteiger partial charge on any atom is 0.252 e. The molecule has 2 aromatic rings. The summed E-state index contributed by atoms with van der Waals surface area (Å²) in [5.41, 5.74) is -0.102. The number of hydrogen-bond donors (Lipinski definition) is 3. The number of benzene rings is 1. The van der Waals surface area contributed by atoms with Gasteiger partial charge in [0.05, 0.1) is 0 Å². The second kappa shape index (κ2) is 6.45. The fourth-order valence-corrected chi connectivity index (χ4v) is 3.01. The molecule has 1 fully saturated rings. The number of aromatic amines is 1. The van der Waals surface area contributed by atoms with E-state index in [1.54, 1.807) is 0 Å². The Morgan fingerprint density at radius 3 is 2.78 bits per heavy atom. The minimum Gasteiger partial charge on any atom is -0.380 e. The minimum atomic E-state index is -1.27. The van der Waals surface area contributed by atoms with E-state index in [0.717, 1.165) is 6.42 Å². The van der Waals surface area contributed by atoms with Crippen LogP contribution >= 0.6 is 0 Å². The molecule has 0 spiro atoms. The van der Waals surface area contributed by atoms with E-state index in [0.29, 0.717) is 25.1 Å². The van der Waals surface area contributed by atoms with Crippen LogP contribution in [0.2, 0.25) is 0 Å². The Hall–Kier alpha value is -2.28. The molecule has 3 rings (SSSR count). The molecular weight excluding hydrogens is 294 g/mol. The summed E-state index contributed by atoms with van der Waals surface area (Å²) >= 11 is 0. The minimum absolute atomic E-state index is 0.111. The first-order valence-corrected chi connectivity index (χ1v) is 7.91. The summed E-state index contributed by atoms with van der Waals surface area (Å²) in [6.45, 7) is 1.97. The Balaban J connectivity index is 1.56. The van der Waals surface area contributed by atoms with Crippen molar-refractivity contribution in [3.63, 3.8) is 0 Å². The fourth-order valence-electron chi connectivity index (χ4n) is 3.01. The molecule has 7 heteroatoms. The SMILES string of the molecule is CCC(Cc1nn[nH]n1)NC(=O)C1(O)CC(c2ccccc2)C1. The zero-order valence-corrected chi connectivity index (χ0v) is 13.1. The van der Waals surface area contributed by atoms with Crippen molar-refractivity contribution >= 4 is 5.91 Å². The molecule has 0 saturated heterocycles. The molecule has 1 aliphatic rings. The first kappa shape index (κ1) is 15.6. The highest BCUT2D eigenvalue weighted by Gasteiger charge is 2.49. The molecule has 0 aliphatic heterocycles. The highest BCUT2D eigenvalue weighted by atomic mass is 16.3. The van der Waals surface area contributed by atoms with Gasteiger partial charge in [-0.25, -0.2) is 0 Å². The van der Waals surface area contributed by atoms with Gasteiger partial charge in [-0.1, -0.05) is 42.5 Å². The number of aliphatic hydroxyl groups is 1. The lowest BCUT2D eigenvalue weighted by Crippen LogP contribution is -2.57. The number of rotatable bonds is 6. The maximum absolute atomic E-state index is 12.4. The number of amides is 1. The van der Waals surface area contributed by atoms with Gasteiger partial charge in [-0.3, -0.25) is 4.79 Å². The van der Waals surface area contributed by atoms with Crippen LogP contribution < -0.4 is 5.32 Å². The maximum atomic E-state index is 12.4. The van der Waals surface area contributed by atoms with Crippen molar-refractivity contribution < 1.29 is 9.90 Å². The summed E-state index contributed by atoms with van der Waals surface area (Å²) in [6, 6.07) is 9.88. The van der Waals surface area contributed by atoms with Crippen molar-refractivity contribution in [1.82, 2.24) is 25.9 Å².